The van der Waals surface area contributed by atoms with Gasteiger partial charge in [0.1, 0.15) is 0 Å². The van der Waals surface area contributed by atoms with Crippen LogP contribution in [0.25, 0.3) is 0 Å². The molecule has 1 radical (unpaired) electrons. The van der Waals surface area contributed by atoms with Crippen molar-refractivity contribution in [3.8, 4) is 0 Å². The van der Waals surface area contributed by atoms with Gasteiger partial charge in [0.25, 0.3) is 0 Å². The minimum atomic E-state index is -0.244. The topological polar surface area (TPSA) is 32.3 Å². The van der Waals surface area contributed by atoms with E-state index in [4.69, 9.17) is 9.97 Å². The van der Waals surface area contributed by atoms with E-state index >= 15 is 0 Å². The molecule has 3 aliphatic rings. The Bertz CT molecular complexity index is 2350. The van der Waals surface area contributed by atoms with E-state index in [1.165, 1.54) is 77.8 Å². The van der Waals surface area contributed by atoms with Gasteiger partial charge in [0, 0.05) is 28.8 Å². The maximum absolute atomic E-state index is 5.29. The number of anilines is 4. The second-order valence-corrected chi connectivity index (χ2v) is 19.2. The summed E-state index contributed by atoms with van der Waals surface area (Å²) in [6.45, 7) is 28.5. The summed E-state index contributed by atoms with van der Waals surface area (Å²) in [7, 11) is 0. The van der Waals surface area contributed by atoms with Crippen molar-refractivity contribution in [1.82, 2.24) is 9.97 Å². The molecule has 0 saturated heterocycles. The lowest BCUT2D eigenvalue weighted by Crippen LogP contribution is -2.66. The molecule has 5 aromatic carbocycles. The third kappa shape index (κ3) is 5.48. The van der Waals surface area contributed by atoms with Crippen LogP contribution in [0.4, 0.5) is 23.0 Å². The highest BCUT2D eigenvalue weighted by molar-refractivity contribution is 6.97. The third-order valence-electron chi connectivity index (χ3n) is 13.6. The highest BCUT2D eigenvalue weighted by Gasteiger charge is 2.51. The lowest BCUT2D eigenvalue weighted by Gasteiger charge is -2.47. The first kappa shape index (κ1) is 38.4. The van der Waals surface area contributed by atoms with Gasteiger partial charge in [-0.2, -0.15) is 0 Å². The minimum absolute atomic E-state index is 0.164. The Kier molecular flexibility index (Phi) is 9.07. The first-order valence-corrected chi connectivity index (χ1v) is 21.6. The van der Waals surface area contributed by atoms with Crippen LogP contribution >= 0.6 is 0 Å². The summed E-state index contributed by atoms with van der Waals surface area (Å²) in [6.07, 6.45) is 4.85. The van der Waals surface area contributed by atoms with Crippen LogP contribution in [0.1, 0.15) is 157 Å². The zero-order valence-corrected chi connectivity index (χ0v) is 36.6. The molecule has 9 rings (SSSR count). The number of benzene rings is 5. The molecule has 4 heterocycles. The summed E-state index contributed by atoms with van der Waals surface area (Å²) < 4.78 is 0. The smallest absolute Gasteiger partial charge is 0.242 e. The van der Waals surface area contributed by atoms with Crippen molar-refractivity contribution in [3.05, 3.63) is 166 Å². The van der Waals surface area contributed by atoms with Gasteiger partial charge in [0.15, 0.2) is 17.8 Å². The van der Waals surface area contributed by atoms with Gasteiger partial charge in [-0.15, -0.1) is 0 Å². The summed E-state index contributed by atoms with van der Waals surface area (Å²) in [5, 5.41) is 0. The predicted octanol–water partition coefficient (Wildman–Crippen LogP) is 11.6. The van der Waals surface area contributed by atoms with Gasteiger partial charge < -0.3 is 0 Å². The van der Waals surface area contributed by atoms with Crippen LogP contribution in [-0.4, -0.2) is 16.7 Å². The van der Waals surface area contributed by atoms with Gasteiger partial charge in [-0.25, -0.2) is 9.97 Å². The standard InChI is InChI=1S/C53H58BN4/c1-31(2)36-19-17-20-37(32(3)4)47(36)57-49-50(56-28-27-55-49)58(48-38(33(5)6)21-18-22-39(48)34(7)8)51(57)35-29-42-46-43(30-35)53(11,12)41-24-14-16-26-45(41)54(46)44-25-15-13-23-40(44)52(42,9)10/h13-34H,1-12H3. The predicted molar refractivity (Wildman–Crippen MR) is 246 cm³/mol. The zero-order chi connectivity index (χ0) is 41.0. The zero-order valence-electron chi connectivity index (χ0n) is 36.6. The Morgan fingerprint density at radius 1 is 0.466 bits per heavy atom. The Morgan fingerprint density at radius 3 is 1.19 bits per heavy atom. The van der Waals surface area contributed by atoms with E-state index < -0.39 is 0 Å². The number of hydrogen-bond acceptors (Lipinski definition) is 4. The third-order valence-corrected chi connectivity index (χ3v) is 13.6. The molecule has 5 heteroatoms. The van der Waals surface area contributed by atoms with Crippen molar-refractivity contribution in [3.63, 3.8) is 0 Å². The van der Waals surface area contributed by atoms with E-state index in [9.17, 15) is 0 Å². The van der Waals surface area contributed by atoms with E-state index in [0.29, 0.717) is 0 Å². The van der Waals surface area contributed by atoms with Crippen LogP contribution in [0, 0.1) is 6.17 Å². The van der Waals surface area contributed by atoms with E-state index in [0.717, 1.165) is 17.8 Å². The molecule has 4 nitrogen and oxygen atoms in total. The van der Waals surface area contributed by atoms with Crippen molar-refractivity contribution in [2.45, 2.75) is 118 Å². The van der Waals surface area contributed by atoms with E-state index in [1.54, 1.807) is 0 Å². The van der Waals surface area contributed by atoms with Crippen molar-refractivity contribution in [2.24, 2.45) is 0 Å². The molecule has 0 atom stereocenters. The molecule has 0 fully saturated rings. The van der Waals surface area contributed by atoms with Gasteiger partial charge in [-0.05, 0) is 68.2 Å². The molecule has 3 aliphatic heterocycles. The Morgan fingerprint density at radius 2 is 0.828 bits per heavy atom. The molecule has 6 aromatic rings. The van der Waals surface area contributed by atoms with Crippen LogP contribution in [0.15, 0.2) is 109 Å². The Balaban J connectivity index is 1.44. The van der Waals surface area contributed by atoms with E-state index in [2.05, 4.69) is 190 Å². The Labute approximate surface area is 347 Å². The fourth-order valence-electron chi connectivity index (χ4n) is 10.7. The molecule has 0 unspecified atom stereocenters. The molecule has 0 bridgehead atoms. The lowest BCUT2D eigenvalue weighted by molar-refractivity contribution is 0.620. The average molecular weight is 762 g/mol. The second kappa shape index (κ2) is 13.7. The lowest BCUT2D eigenvalue weighted by atomic mass is 9.27. The molecule has 0 N–H and O–H groups in total. The molecule has 293 valence electrons. The molecule has 58 heavy (non-hydrogen) atoms. The molecular formula is C53H58BN4. The van der Waals surface area contributed by atoms with Crippen LogP contribution < -0.4 is 26.2 Å². The number of nitrogens with zero attached hydrogens (tertiary/aromatic N) is 4. The van der Waals surface area contributed by atoms with Gasteiger partial charge in [-0.1, -0.05) is 197 Å². The number of rotatable bonds is 7. The number of hydrogen-bond donors (Lipinski definition) is 0. The average Bonchev–Trinajstić information content (AvgIpc) is 3.54. The summed E-state index contributed by atoms with van der Waals surface area (Å²) in [6, 6.07) is 37.3. The van der Waals surface area contributed by atoms with E-state index in [-0.39, 0.29) is 41.2 Å². The highest BCUT2D eigenvalue weighted by Crippen LogP contribution is 2.57. The van der Waals surface area contributed by atoms with Crippen LogP contribution in [0.3, 0.4) is 0 Å². The molecule has 0 aliphatic carbocycles. The molecule has 0 spiro atoms. The number of para-hydroxylation sites is 2. The minimum Gasteiger partial charge on any atom is -0.290 e. The summed E-state index contributed by atoms with van der Waals surface area (Å²) in [5.41, 5.74) is 18.3. The van der Waals surface area contributed by atoms with Crippen molar-refractivity contribution in [2.75, 3.05) is 9.80 Å². The largest absolute Gasteiger partial charge is 0.290 e. The molecular weight excluding hydrogens is 703 g/mol. The monoisotopic (exact) mass is 761 g/mol. The van der Waals surface area contributed by atoms with Crippen molar-refractivity contribution in [1.29, 1.82) is 0 Å². The molecule has 1 aromatic heterocycles. The van der Waals surface area contributed by atoms with Crippen molar-refractivity contribution < 1.29 is 0 Å². The first-order valence-electron chi connectivity index (χ1n) is 21.6. The van der Waals surface area contributed by atoms with Crippen LogP contribution in [-0.2, 0) is 10.8 Å². The summed E-state index contributed by atoms with van der Waals surface area (Å²) in [5.74, 6) is 2.90. The van der Waals surface area contributed by atoms with Gasteiger partial charge in [0.2, 0.25) is 6.71 Å². The maximum atomic E-state index is 5.29. The molecule has 0 amide bonds. The van der Waals surface area contributed by atoms with E-state index in [1.807, 2.05) is 12.4 Å². The maximum Gasteiger partial charge on any atom is 0.242 e. The second-order valence-electron chi connectivity index (χ2n) is 19.2. The number of fused-ring (bicyclic) bond motifs is 5. The van der Waals surface area contributed by atoms with Crippen LogP contribution in [0.2, 0.25) is 0 Å². The van der Waals surface area contributed by atoms with Gasteiger partial charge in [-0.3, -0.25) is 9.80 Å². The quantitative estimate of drug-likeness (QED) is 0.152. The molecule has 0 saturated carbocycles. The van der Waals surface area contributed by atoms with Crippen molar-refractivity contribution >= 4 is 46.1 Å². The highest BCUT2D eigenvalue weighted by atomic mass is 15.5. The first-order chi connectivity index (χ1) is 27.7. The van der Waals surface area contributed by atoms with Crippen LogP contribution in [0.5, 0.6) is 0 Å². The van der Waals surface area contributed by atoms with Gasteiger partial charge in [0.05, 0.1) is 11.4 Å². The normalized spacial score (nSPS) is 16.3. The summed E-state index contributed by atoms with van der Waals surface area (Å²) >= 11 is 0. The SMILES string of the molecule is CC(C)c1cccc(C(C)C)c1N1[C](c2cc3c4c(c2)C(C)(C)c2ccccc2B4c2ccccc2C3(C)C)N(c2c(C(C)C)cccc2C(C)C)c2nccnc21. The summed E-state index contributed by atoms with van der Waals surface area (Å²) in [4.78, 5) is 15.6. The van der Waals surface area contributed by atoms with Gasteiger partial charge >= 0.3 is 0 Å². The number of aromatic nitrogens is 2. The fourth-order valence-corrected chi connectivity index (χ4v) is 10.7. The fraction of sp³-hybridized carbons (Fsp3) is 0.340. The Hall–Kier alpha value is -5.16.